The van der Waals surface area contributed by atoms with Crippen molar-refractivity contribution in [2.75, 3.05) is 11.9 Å². The van der Waals surface area contributed by atoms with E-state index in [1.54, 1.807) is 11.6 Å². The Kier molecular flexibility index (Phi) is 2.94. The van der Waals surface area contributed by atoms with Crippen molar-refractivity contribution in [1.29, 1.82) is 0 Å². The summed E-state index contributed by atoms with van der Waals surface area (Å²) in [5.74, 6) is 0.185. The van der Waals surface area contributed by atoms with Gasteiger partial charge in [-0.3, -0.25) is 9.36 Å². The molecule has 2 rings (SSSR count). The van der Waals surface area contributed by atoms with Crippen LogP contribution in [-0.4, -0.2) is 33.0 Å². The molecule has 2 N–H and O–H groups in total. The van der Waals surface area contributed by atoms with Crippen molar-refractivity contribution in [1.82, 2.24) is 14.9 Å². The largest absolute Gasteiger partial charge is 0.406 e. The van der Waals surface area contributed by atoms with Crippen LogP contribution in [0.25, 0.3) is 0 Å². The summed E-state index contributed by atoms with van der Waals surface area (Å²) >= 11 is 0. The molecule has 0 saturated carbocycles. The van der Waals surface area contributed by atoms with Crippen LogP contribution in [0.5, 0.6) is 0 Å². The van der Waals surface area contributed by atoms with Crippen LogP contribution in [0.2, 0.25) is 0 Å². The van der Waals surface area contributed by atoms with Crippen LogP contribution in [0.15, 0.2) is 6.33 Å². The maximum absolute atomic E-state index is 11.0. The van der Waals surface area contributed by atoms with Crippen molar-refractivity contribution >= 4 is 17.5 Å². The van der Waals surface area contributed by atoms with Gasteiger partial charge in [0.15, 0.2) is 0 Å². The molecule has 0 radical (unpaired) electrons. The molecule has 0 aliphatic carbocycles. The van der Waals surface area contributed by atoms with Gasteiger partial charge in [-0.2, -0.15) is 0 Å². The van der Waals surface area contributed by atoms with Gasteiger partial charge in [0.2, 0.25) is 18.1 Å². The van der Waals surface area contributed by atoms with E-state index in [0.717, 1.165) is 6.42 Å². The first-order valence-corrected chi connectivity index (χ1v) is 5.27. The molecular weight excluding hydrogens is 226 g/mol. The maximum Gasteiger partial charge on any atom is 0.406 e. The Labute approximate surface area is 97.2 Å². The number of aromatic nitrogens is 2. The van der Waals surface area contributed by atoms with Crippen LogP contribution in [0, 0.1) is 10.1 Å². The fraction of sp³-hybridized carbons (Fsp3) is 0.556. The number of hydrogen-bond donors (Lipinski definition) is 2. The molecule has 92 valence electrons. The van der Waals surface area contributed by atoms with Crippen LogP contribution in [0.1, 0.15) is 12.8 Å². The number of aryl methyl sites for hydroxylation is 1. The minimum atomic E-state index is -0.532. The molecule has 0 aromatic carbocycles. The zero-order valence-corrected chi connectivity index (χ0v) is 9.34. The second-order valence-electron chi connectivity index (χ2n) is 3.97. The summed E-state index contributed by atoms with van der Waals surface area (Å²) < 4.78 is 1.55. The number of hydrogen-bond acceptors (Lipinski definition) is 5. The third-order valence-electron chi connectivity index (χ3n) is 2.69. The Morgan fingerprint density at radius 2 is 2.53 bits per heavy atom. The molecular formula is C9H13N5O3. The molecule has 1 unspecified atom stereocenters. The molecule has 1 aromatic rings. The van der Waals surface area contributed by atoms with E-state index in [0.29, 0.717) is 18.8 Å². The Morgan fingerprint density at radius 1 is 1.76 bits per heavy atom. The molecule has 1 aliphatic heterocycles. The lowest BCUT2D eigenvalue weighted by atomic mass is 10.2. The highest BCUT2D eigenvalue weighted by Crippen LogP contribution is 2.21. The summed E-state index contributed by atoms with van der Waals surface area (Å²) in [6.45, 7) is 0.464. The SMILES string of the molecule is Cn1cnc([N+](=O)[O-])c1NCC1CCC(=O)N1. The molecule has 0 spiro atoms. The van der Waals surface area contributed by atoms with Crippen LogP contribution in [0.4, 0.5) is 11.6 Å². The van der Waals surface area contributed by atoms with Gasteiger partial charge in [-0.25, -0.2) is 0 Å². The van der Waals surface area contributed by atoms with Crippen molar-refractivity contribution in [2.24, 2.45) is 7.05 Å². The van der Waals surface area contributed by atoms with Gasteiger partial charge in [0, 0.05) is 26.1 Å². The number of amides is 1. The first-order chi connectivity index (χ1) is 8.08. The van der Waals surface area contributed by atoms with Gasteiger partial charge in [-0.05, 0) is 16.3 Å². The average Bonchev–Trinajstić information content (AvgIpc) is 2.82. The highest BCUT2D eigenvalue weighted by Gasteiger charge is 2.24. The molecule has 1 aromatic heterocycles. The molecule has 8 heteroatoms. The van der Waals surface area contributed by atoms with E-state index in [4.69, 9.17) is 0 Å². The molecule has 1 atom stereocenters. The highest BCUT2D eigenvalue weighted by molar-refractivity contribution is 5.78. The summed E-state index contributed by atoms with van der Waals surface area (Å²) in [5.41, 5.74) is 0. The third-order valence-corrected chi connectivity index (χ3v) is 2.69. The lowest BCUT2D eigenvalue weighted by Gasteiger charge is -2.11. The van der Waals surface area contributed by atoms with Gasteiger partial charge in [0.1, 0.15) is 0 Å². The highest BCUT2D eigenvalue weighted by atomic mass is 16.6. The molecule has 17 heavy (non-hydrogen) atoms. The zero-order chi connectivity index (χ0) is 12.4. The van der Waals surface area contributed by atoms with Crippen molar-refractivity contribution in [3.05, 3.63) is 16.4 Å². The Hall–Kier alpha value is -2.12. The predicted octanol–water partition coefficient (Wildman–Crippen LogP) is 0.0188. The quantitative estimate of drug-likeness (QED) is 0.569. The fourth-order valence-electron chi connectivity index (χ4n) is 1.81. The molecule has 2 heterocycles. The van der Waals surface area contributed by atoms with Crippen molar-refractivity contribution in [3.8, 4) is 0 Å². The van der Waals surface area contributed by atoms with E-state index in [1.165, 1.54) is 6.33 Å². The minimum Gasteiger partial charge on any atom is -0.362 e. The number of nitrogens with zero attached hydrogens (tertiary/aromatic N) is 3. The van der Waals surface area contributed by atoms with E-state index in [2.05, 4.69) is 15.6 Å². The van der Waals surface area contributed by atoms with Gasteiger partial charge in [-0.15, -0.1) is 0 Å². The second kappa shape index (κ2) is 4.40. The van der Waals surface area contributed by atoms with Gasteiger partial charge >= 0.3 is 5.82 Å². The molecule has 1 aliphatic rings. The van der Waals surface area contributed by atoms with E-state index in [1.807, 2.05) is 0 Å². The van der Waals surface area contributed by atoms with E-state index in [9.17, 15) is 14.9 Å². The first kappa shape index (κ1) is 11.4. The lowest BCUT2D eigenvalue weighted by Crippen LogP contribution is -2.32. The van der Waals surface area contributed by atoms with Crippen molar-refractivity contribution in [3.63, 3.8) is 0 Å². The number of carbonyl (C=O) groups excluding carboxylic acids is 1. The summed E-state index contributed by atoms with van der Waals surface area (Å²) in [6, 6.07) is 0.0250. The molecule has 8 nitrogen and oxygen atoms in total. The number of carbonyl (C=O) groups is 1. The molecule has 1 amide bonds. The number of rotatable bonds is 4. The normalized spacial score (nSPS) is 19.1. The number of anilines is 1. The lowest BCUT2D eigenvalue weighted by molar-refractivity contribution is -0.388. The average molecular weight is 239 g/mol. The van der Waals surface area contributed by atoms with Crippen LogP contribution >= 0.6 is 0 Å². The number of nitro groups is 1. The number of nitrogens with one attached hydrogen (secondary N) is 2. The van der Waals surface area contributed by atoms with E-state index in [-0.39, 0.29) is 17.8 Å². The minimum absolute atomic E-state index is 0.0244. The van der Waals surface area contributed by atoms with Gasteiger partial charge in [0.05, 0.1) is 0 Å². The Balaban J connectivity index is 2.01. The maximum atomic E-state index is 11.0. The van der Waals surface area contributed by atoms with Crippen molar-refractivity contribution < 1.29 is 9.72 Å². The van der Waals surface area contributed by atoms with Crippen LogP contribution in [0.3, 0.4) is 0 Å². The summed E-state index contributed by atoms with van der Waals surface area (Å²) in [4.78, 5) is 24.9. The molecule has 1 saturated heterocycles. The Bertz CT molecular complexity index is 455. The third kappa shape index (κ3) is 2.35. The van der Waals surface area contributed by atoms with Crippen molar-refractivity contribution in [2.45, 2.75) is 18.9 Å². The zero-order valence-electron chi connectivity index (χ0n) is 9.34. The van der Waals surface area contributed by atoms with Crippen LogP contribution < -0.4 is 10.6 Å². The molecule has 0 bridgehead atoms. The summed E-state index contributed by atoms with van der Waals surface area (Å²) in [5, 5.41) is 16.4. The summed E-state index contributed by atoms with van der Waals surface area (Å²) in [7, 11) is 1.68. The van der Waals surface area contributed by atoms with Gasteiger partial charge in [-0.1, -0.05) is 0 Å². The first-order valence-electron chi connectivity index (χ1n) is 5.27. The van der Waals surface area contributed by atoms with Gasteiger partial charge < -0.3 is 20.7 Å². The van der Waals surface area contributed by atoms with E-state index < -0.39 is 4.92 Å². The second-order valence-corrected chi connectivity index (χ2v) is 3.97. The fourth-order valence-corrected chi connectivity index (χ4v) is 1.81. The van der Waals surface area contributed by atoms with Gasteiger partial charge in [0.25, 0.3) is 0 Å². The monoisotopic (exact) mass is 239 g/mol. The topological polar surface area (TPSA) is 102 Å². The van der Waals surface area contributed by atoms with Crippen LogP contribution in [-0.2, 0) is 11.8 Å². The standard InChI is InChI=1S/C9H13N5O3/c1-13-5-11-9(14(16)17)8(13)10-4-6-2-3-7(15)12-6/h5-6,10H,2-4H2,1H3,(H,12,15). The van der Waals surface area contributed by atoms with E-state index >= 15 is 0 Å². The predicted molar refractivity (Wildman–Crippen MR) is 59.5 cm³/mol. The molecule has 1 fully saturated rings. The summed E-state index contributed by atoms with van der Waals surface area (Å²) in [6.07, 6.45) is 2.64. The smallest absolute Gasteiger partial charge is 0.362 e. The number of imidazole rings is 1. The Morgan fingerprint density at radius 3 is 3.12 bits per heavy atom.